The van der Waals surface area contributed by atoms with Crippen LogP contribution in [0.2, 0.25) is 5.02 Å². The molecule has 0 aliphatic rings. The summed E-state index contributed by atoms with van der Waals surface area (Å²) in [5.41, 5.74) is 7.65. The van der Waals surface area contributed by atoms with Gasteiger partial charge >= 0.3 is 0 Å². The molecule has 0 amide bonds. The number of hydrogen-bond acceptors (Lipinski definition) is 2. The standard InChI is InChI=1S/C25H20ClN3/c1-17-11-20(9-10-24(17)21-3-2-4-22(26)14-21)13-25-28-16-23(29-25)12-18-5-7-19(15-27)8-6-18/h2-11,14,16H,12-13H2,1H3,(H,28,29). The molecule has 4 rings (SSSR count). The SMILES string of the molecule is Cc1cc(Cc2ncc(Cc3ccc(C#N)cc3)[nH]2)ccc1-c1cccc(Cl)c1. The number of hydrogen-bond donors (Lipinski definition) is 1. The van der Waals surface area contributed by atoms with Crippen molar-refractivity contribution in [2.75, 3.05) is 0 Å². The number of rotatable bonds is 5. The van der Waals surface area contributed by atoms with Crippen molar-refractivity contribution in [2.45, 2.75) is 19.8 Å². The first-order valence-corrected chi connectivity index (χ1v) is 9.86. The Morgan fingerprint density at radius 3 is 2.48 bits per heavy atom. The van der Waals surface area contributed by atoms with Crippen LogP contribution in [0.15, 0.2) is 72.9 Å². The van der Waals surface area contributed by atoms with Crippen LogP contribution >= 0.6 is 11.6 Å². The molecule has 142 valence electrons. The lowest BCUT2D eigenvalue weighted by atomic mass is 9.97. The lowest BCUT2D eigenvalue weighted by Gasteiger charge is -2.09. The molecule has 3 aromatic carbocycles. The quantitative estimate of drug-likeness (QED) is 0.443. The van der Waals surface area contributed by atoms with Crippen LogP contribution in [-0.4, -0.2) is 9.97 Å². The van der Waals surface area contributed by atoms with E-state index in [2.05, 4.69) is 47.2 Å². The highest BCUT2D eigenvalue weighted by Gasteiger charge is 2.07. The van der Waals surface area contributed by atoms with Gasteiger partial charge in [0.2, 0.25) is 0 Å². The van der Waals surface area contributed by atoms with E-state index in [0.29, 0.717) is 5.56 Å². The van der Waals surface area contributed by atoms with Gasteiger partial charge in [0, 0.05) is 29.8 Å². The van der Waals surface area contributed by atoms with Crippen LogP contribution in [-0.2, 0) is 12.8 Å². The molecule has 0 saturated carbocycles. The first kappa shape index (κ1) is 19.0. The molecule has 0 spiro atoms. The highest BCUT2D eigenvalue weighted by atomic mass is 35.5. The van der Waals surface area contributed by atoms with Gasteiger partial charge in [-0.1, -0.05) is 54.1 Å². The van der Waals surface area contributed by atoms with E-state index in [4.69, 9.17) is 16.9 Å². The van der Waals surface area contributed by atoms with Crippen molar-refractivity contribution >= 4 is 11.6 Å². The fourth-order valence-corrected chi connectivity index (χ4v) is 3.70. The van der Waals surface area contributed by atoms with Gasteiger partial charge in [0.15, 0.2) is 0 Å². The van der Waals surface area contributed by atoms with Crippen LogP contribution in [0.25, 0.3) is 11.1 Å². The molecule has 0 saturated heterocycles. The number of nitriles is 1. The lowest BCUT2D eigenvalue weighted by molar-refractivity contribution is 0.998. The zero-order chi connectivity index (χ0) is 20.2. The number of aromatic amines is 1. The van der Waals surface area contributed by atoms with Gasteiger partial charge in [-0.25, -0.2) is 4.98 Å². The molecule has 1 N–H and O–H groups in total. The number of aryl methyl sites for hydroxylation is 1. The average Bonchev–Trinajstić information content (AvgIpc) is 3.15. The molecule has 0 atom stereocenters. The summed E-state index contributed by atoms with van der Waals surface area (Å²) in [6.45, 7) is 2.12. The summed E-state index contributed by atoms with van der Waals surface area (Å²) in [4.78, 5) is 7.96. The predicted octanol–water partition coefficient (Wildman–Crippen LogP) is 6.09. The van der Waals surface area contributed by atoms with Crippen molar-refractivity contribution < 1.29 is 0 Å². The van der Waals surface area contributed by atoms with E-state index in [0.717, 1.165) is 40.5 Å². The molecule has 4 heteroatoms. The molecular weight excluding hydrogens is 378 g/mol. The maximum atomic E-state index is 8.90. The van der Waals surface area contributed by atoms with E-state index in [1.54, 1.807) is 0 Å². The summed E-state index contributed by atoms with van der Waals surface area (Å²) in [7, 11) is 0. The first-order chi connectivity index (χ1) is 14.1. The van der Waals surface area contributed by atoms with Gasteiger partial charge in [-0.05, 0) is 59.0 Å². The fraction of sp³-hybridized carbons (Fsp3) is 0.120. The Balaban J connectivity index is 1.47. The number of nitrogens with one attached hydrogen (secondary N) is 1. The van der Waals surface area contributed by atoms with E-state index in [9.17, 15) is 0 Å². The summed E-state index contributed by atoms with van der Waals surface area (Å²) in [6, 6.07) is 24.2. The second-order valence-electron chi connectivity index (χ2n) is 7.18. The molecule has 29 heavy (non-hydrogen) atoms. The van der Waals surface area contributed by atoms with Gasteiger partial charge in [0.1, 0.15) is 5.82 Å². The summed E-state index contributed by atoms with van der Waals surface area (Å²) in [6.07, 6.45) is 3.41. The van der Waals surface area contributed by atoms with E-state index >= 15 is 0 Å². The lowest BCUT2D eigenvalue weighted by Crippen LogP contribution is -1.94. The third-order valence-corrected chi connectivity index (χ3v) is 5.19. The number of aromatic nitrogens is 2. The Hall–Kier alpha value is -3.35. The Labute approximate surface area is 175 Å². The monoisotopic (exact) mass is 397 g/mol. The van der Waals surface area contributed by atoms with E-state index < -0.39 is 0 Å². The van der Waals surface area contributed by atoms with Gasteiger partial charge < -0.3 is 4.98 Å². The van der Waals surface area contributed by atoms with E-state index in [1.165, 1.54) is 16.7 Å². The minimum Gasteiger partial charge on any atom is -0.345 e. The Morgan fingerprint density at radius 2 is 1.76 bits per heavy atom. The predicted molar refractivity (Wildman–Crippen MR) is 117 cm³/mol. The fourth-order valence-electron chi connectivity index (χ4n) is 3.51. The number of H-pyrrole nitrogens is 1. The van der Waals surface area contributed by atoms with Gasteiger partial charge in [-0.3, -0.25) is 0 Å². The van der Waals surface area contributed by atoms with Crippen LogP contribution in [0.3, 0.4) is 0 Å². The van der Waals surface area contributed by atoms with Crippen LogP contribution in [0, 0.1) is 18.3 Å². The second-order valence-corrected chi connectivity index (χ2v) is 7.61. The molecule has 0 unspecified atom stereocenters. The zero-order valence-electron chi connectivity index (χ0n) is 16.1. The van der Waals surface area contributed by atoms with Crippen molar-refractivity contribution in [1.82, 2.24) is 9.97 Å². The highest BCUT2D eigenvalue weighted by Crippen LogP contribution is 2.27. The Kier molecular flexibility index (Phi) is 5.46. The molecule has 0 radical (unpaired) electrons. The molecular formula is C25H20ClN3. The van der Waals surface area contributed by atoms with Crippen LogP contribution in [0.4, 0.5) is 0 Å². The van der Waals surface area contributed by atoms with Gasteiger partial charge in [-0.15, -0.1) is 0 Å². The average molecular weight is 398 g/mol. The van der Waals surface area contributed by atoms with E-state index in [-0.39, 0.29) is 0 Å². The van der Waals surface area contributed by atoms with Crippen molar-refractivity contribution in [3.05, 3.63) is 112 Å². The molecule has 0 fully saturated rings. The van der Waals surface area contributed by atoms with Crippen molar-refractivity contribution in [3.63, 3.8) is 0 Å². The minimum atomic E-state index is 0.677. The Morgan fingerprint density at radius 1 is 0.966 bits per heavy atom. The third kappa shape index (κ3) is 4.56. The smallest absolute Gasteiger partial charge is 0.110 e. The zero-order valence-corrected chi connectivity index (χ0v) is 16.9. The van der Waals surface area contributed by atoms with Gasteiger partial charge in [-0.2, -0.15) is 5.26 Å². The minimum absolute atomic E-state index is 0.677. The third-order valence-electron chi connectivity index (χ3n) is 4.96. The van der Waals surface area contributed by atoms with Crippen molar-refractivity contribution in [3.8, 4) is 17.2 Å². The molecule has 1 aromatic heterocycles. The summed E-state index contributed by atoms with van der Waals surface area (Å²) in [5, 5.41) is 9.65. The summed E-state index contributed by atoms with van der Waals surface area (Å²) >= 11 is 6.13. The van der Waals surface area contributed by atoms with Gasteiger partial charge in [0.25, 0.3) is 0 Å². The highest BCUT2D eigenvalue weighted by molar-refractivity contribution is 6.30. The number of benzene rings is 3. The van der Waals surface area contributed by atoms with Crippen molar-refractivity contribution in [1.29, 1.82) is 5.26 Å². The van der Waals surface area contributed by atoms with Crippen molar-refractivity contribution in [2.24, 2.45) is 0 Å². The first-order valence-electron chi connectivity index (χ1n) is 9.48. The topological polar surface area (TPSA) is 52.5 Å². The maximum absolute atomic E-state index is 8.90. The van der Waals surface area contributed by atoms with Gasteiger partial charge in [0.05, 0.1) is 11.6 Å². The van der Waals surface area contributed by atoms with Crippen LogP contribution in [0.1, 0.15) is 33.8 Å². The molecule has 1 heterocycles. The molecule has 0 bridgehead atoms. The number of imidazole rings is 1. The van der Waals surface area contributed by atoms with Crippen LogP contribution < -0.4 is 0 Å². The molecule has 0 aliphatic carbocycles. The normalized spacial score (nSPS) is 10.7. The molecule has 0 aliphatic heterocycles. The number of nitrogens with zero attached hydrogens (tertiary/aromatic N) is 2. The summed E-state index contributed by atoms with van der Waals surface area (Å²) < 4.78 is 0. The van der Waals surface area contributed by atoms with Crippen LogP contribution in [0.5, 0.6) is 0 Å². The second kappa shape index (κ2) is 8.34. The number of halogens is 1. The molecule has 4 aromatic rings. The maximum Gasteiger partial charge on any atom is 0.110 e. The van der Waals surface area contributed by atoms with E-state index in [1.807, 2.05) is 48.7 Å². The summed E-state index contributed by atoms with van der Waals surface area (Å²) in [5.74, 6) is 0.948. The molecule has 3 nitrogen and oxygen atoms in total. The largest absolute Gasteiger partial charge is 0.345 e. The Bertz CT molecular complexity index is 1180.